The third-order valence-corrected chi connectivity index (χ3v) is 5.45. The van der Waals surface area contributed by atoms with Crippen LogP contribution in [-0.4, -0.2) is 16.6 Å². The largest absolute Gasteiger partial charge is 0.288 e. The normalized spacial score (nSPS) is 13.4. The molecule has 0 amide bonds. The number of benzene rings is 2. The van der Waals surface area contributed by atoms with Gasteiger partial charge in [0.1, 0.15) is 0 Å². The number of carbonyl (C=O) groups excluding carboxylic acids is 2. The molecule has 0 atom stereocenters. The maximum Gasteiger partial charge on any atom is 0.205 e. The fraction of sp³-hybridized carbons (Fsp3) is 0. The van der Waals surface area contributed by atoms with Crippen molar-refractivity contribution in [2.75, 3.05) is 0 Å². The van der Waals surface area contributed by atoms with Gasteiger partial charge < -0.3 is 0 Å². The van der Waals surface area contributed by atoms with Crippen LogP contribution in [0.1, 0.15) is 31.2 Å². The Morgan fingerprint density at radius 1 is 0.783 bits per heavy atom. The standard InChI is InChI=1S/C19H9NO2S/c21-17-12-9-20-13-7-3-1-5-10(13)15(12)18(22)19-16(17)11-6-2-4-8-14(11)23-19/h1-9H. The average molecular weight is 315 g/mol. The number of rotatable bonds is 0. The van der Waals surface area contributed by atoms with Gasteiger partial charge in [0.05, 0.1) is 21.5 Å². The highest BCUT2D eigenvalue weighted by Gasteiger charge is 2.34. The maximum atomic E-state index is 13.1. The Morgan fingerprint density at radius 3 is 2.39 bits per heavy atom. The van der Waals surface area contributed by atoms with Crippen LogP contribution in [0.15, 0.2) is 54.7 Å². The van der Waals surface area contributed by atoms with Crippen molar-refractivity contribution in [2.45, 2.75) is 0 Å². The van der Waals surface area contributed by atoms with E-state index in [1.165, 1.54) is 17.5 Å². The van der Waals surface area contributed by atoms with Gasteiger partial charge in [0.2, 0.25) is 5.78 Å². The van der Waals surface area contributed by atoms with E-state index in [9.17, 15) is 9.59 Å². The van der Waals surface area contributed by atoms with Gasteiger partial charge in [-0.05, 0) is 12.1 Å². The summed E-state index contributed by atoms with van der Waals surface area (Å²) >= 11 is 1.39. The van der Waals surface area contributed by atoms with Crippen molar-refractivity contribution in [2.24, 2.45) is 0 Å². The zero-order valence-electron chi connectivity index (χ0n) is 11.9. The Morgan fingerprint density at radius 2 is 1.52 bits per heavy atom. The molecule has 0 saturated carbocycles. The molecule has 2 aromatic carbocycles. The number of fused-ring (bicyclic) bond motifs is 6. The molecule has 4 aromatic rings. The summed E-state index contributed by atoms with van der Waals surface area (Å²) in [6.45, 7) is 0. The van der Waals surface area contributed by atoms with Gasteiger partial charge in [-0.1, -0.05) is 36.4 Å². The topological polar surface area (TPSA) is 47.0 Å². The predicted octanol–water partition coefficient (Wildman–Crippen LogP) is 4.22. The summed E-state index contributed by atoms with van der Waals surface area (Å²) in [6, 6.07) is 15.1. The van der Waals surface area contributed by atoms with E-state index in [1.54, 1.807) is 0 Å². The zero-order chi connectivity index (χ0) is 15.6. The molecule has 1 aliphatic rings. The molecule has 0 aliphatic heterocycles. The second kappa shape index (κ2) is 4.33. The van der Waals surface area contributed by atoms with Gasteiger partial charge in [0, 0.05) is 27.2 Å². The molecule has 0 N–H and O–H groups in total. The van der Waals surface area contributed by atoms with Crippen molar-refractivity contribution in [3.05, 3.63) is 76.3 Å². The van der Waals surface area contributed by atoms with Gasteiger partial charge >= 0.3 is 0 Å². The molecule has 0 bridgehead atoms. The first-order valence-electron chi connectivity index (χ1n) is 7.24. The molecular weight excluding hydrogens is 306 g/mol. The second-order valence-electron chi connectivity index (χ2n) is 5.52. The van der Waals surface area contributed by atoms with E-state index in [0.29, 0.717) is 21.6 Å². The fourth-order valence-electron chi connectivity index (χ4n) is 3.24. The summed E-state index contributed by atoms with van der Waals surface area (Å²) in [5, 5.41) is 1.59. The lowest BCUT2D eigenvalue weighted by Crippen LogP contribution is -2.19. The smallest absolute Gasteiger partial charge is 0.205 e. The van der Waals surface area contributed by atoms with E-state index in [0.717, 1.165) is 21.0 Å². The first kappa shape index (κ1) is 12.7. The maximum absolute atomic E-state index is 13.1. The second-order valence-corrected chi connectivity index (χ2v) is 6.58. The summed E-state index contributed by atoms with van der Waals surface area (Å²) in [6.07, 6.45) is 1.54. The first-order chi connectivity index (χ1) is 11.3. The van der Waals surface area contributed by atoms with Crippen LogP contribution < -0.4 is 0 Å². The Kier molecular flexibility index (Phi) is 2.39. The van der Waals surface area contributed by atoms with Crippen LogP contribution in [0, 0.1) is 0 Å². The Balaban J connectivity index is 1.93. The lowest BCUT2D eigenvalue weighted by molar-refractivity contribution is 0.0984. The number of aromatic nitrogens is 1. The van der Waals surface area contributed by atoms with Crippen molar-refractivity contribution in [3.8, 4) is 0 Å². The van der Waals surface area contributed by atoms with Gasteiger partial charge in [-0.2, -0.15) is 0 Å². The van der Waals surface area contributed by atoms with Gasteiger partial charge in [-0.3, -0.25) is 14.6 Å². The highest BCUT2D eigenvalue weighted by Crippen LogP contribution is 2.39. The van der Waals surface area contributed by atoms with Crippen molar-refractivity contribution in [1.82, 2.24) is 4.98 Å². The van der Waals surface area contributed by atoms with Crippen molar-refractivity contribution >= 4 is 43.9 Å². The Bertz CT molecular complexity index is 1160. The van der Waals surface area contributed by atoms with Gasteiger partial charge in [-0.25, -0.2) is 0 Å². The third-order valence-electron chi connectivity index (χ3n) is 4.28. The third kappa shape index (κ3) is 1.56. The van der Waals surface area contributed by atoms with Gasteiger partial charge in [-0.15, -0.1) is 11.3 Å². The summed E-state index contributed by atoms with van der Waals surface area (Å²) in [4.78, 5) is 30.9. The Labute approximate surface area is 135 Å². The average Bonchev–Trinajstić information content (AvgIpc) is 2.99. The number of nitrogens with zero attached hydrogens (tertiary/aromatic N) is 1. The predicted molar refractivity (Wildman–Crippen MR) is 90.4 cm³/mol. The molecule has 5 rings (SSSR count). The zero-order valence-corrected chi connectivity index (χ0v) is 12.7. The molecule has 0 radical (unpaired) electrons. The van der Waals surface area contributed by atoms with Crippen LogP contribution in [-0.2, 0) is 0 Å². The lowest BCUT2D eigenvalue weighted by atomic mass is 9.86. The van der Waals surface area contributed by atoms with E-state index >= 15 is 0 Å². The van der Waals surface area contributed by atoms with Crippen molar-refractivity contribution in [1.29, 1.82) is 0 Å². The summed E-state index contributed by atoms with van der Waals surface area (Å²) in [7, 11) is 0. The molecule has 23 heavy (non-hydrogen) atoms. The minimum atomic E-state index is -0.106. The molecule has 0 fully saturated rings. The van der Waals surface area contributed by atoms with Crippen molar-refractivity contribution < 1.29 is 9.59 Å². The first-order valence-corrected chi connectivity index (χ1v) is 8.06. The van der Waals surface area contributed by atoms with E-state index in [2.05, 4.69) is 4.98 Å². The van der Waals surface area contributed by atoms with E-state index < -0.39 is 0 Å². The SMILES string of the molecule is O=C1c2sc3ccccc3c2C(=O)c2cnc3ccccc3c21. The highest BCUT2D eigenvalue weighted by atomic mass is 32.1. The van der Waals surface area contributed by atoms with E-state index in [1.807, 2.05) is 48.5 Å². The molecular formula is C19H9NO2S. The molecule has 2 aromatic heterocycles. The van der Waals surface area contributed by atoms with Crippen LogP contribution in [0.5, 0.6) is 0 Å². The molecule has 4 heteroatoms. The summed E-state index contributed by atoms with van der Waals surface area (Å²) < 4.78 is 0.962. The highest BCUT2D eigenvalue weighted by molar-refractivity contribution is 7.21. The molecule has 1 aliphatic carbocycles. The summed E-state index contributed by atoms with van der Waals surface area (Å²) in [5.41, 5.74) is 2.15. The number of thiophene rings is 1. The minimum absolute atomic E-state index is 0.0746. The van der Waals surface area contributed by atoms with Crippen LogP contribution in [0.4, 0.5) is 0 Å². The number of para-hydroxylation sites is 1. The fourth-order valence-corrected chi connectivity index (χ4v) is 4.38. The van der Waals surface area contributed by atoms with E-state index in [-0.39, 0.29) is 11.6 Å². The number of hydrogen-bond donors (Lipinski definition) is 0. The molecule has 3 nitrogen and oxygen atoms in total. The molecule has 108 valence electrons. The van der Waals surface area contributed by atoms with Crippen LogP contribution >= 0.6 is 11.3 Å². The summed E-state index contributed by atoms with van der Waals surface area (Å²) in [5.74, 6) is -0.181. The number of pyridine rings is 1. The van der Waals surface area contributed by atoms with Crippen LogP contribution in [0.25, 0.3) is 21.0 Å². The van der Waals surface area contributed by atoms with Crippen LogP contribution in [0.3, 0.4) is 0 Å². The van der Waals surface area contributed by atoms with Crippen LogP contribution in [0.2, 0.25) is 0 Å². The number of carbonyl (C=O) groups is 2. The van der Waals surface area contributed by atoms with E-state index in [4.69, 9.17) is 0 Å². The molecule has 0 unspecified atom stereocenters. The monoisotopic (exact) mass is 315 g/mol. The quantitative estimate of drug-likeness (QED) is 0.430. The number of ketones is 2. The molecule has 0 saturated heterocycles. The van der Waals surface area contributed by atoms with Gasteiger partial charge in [0.25, 0.3) is 0 Å². The number of hydrogen-bond acceptors (Lipinski definition) is 4. The minimum Gasteiger partial charge on any atom is -0.288 e. The Hall–Kier alpha value is -2.85. The van der Waals surface area contributed by atoms with Gasteiger partial charge in [0.15, 0.2) is 5.78 Å². The van der Waals surface area contributed by atoms with Crippen molar-refractivity contribution in [3.63, 3.8) is 0 Å². The lowest BCUT2D eigenvalue weighted by Gasteiger charge is -2.16. The molecule has 2 heterocycles. The molecule has 0 spiro atoms.